The largest absolute Gasteiger partial charge is 0.462 e. The summed E-state index contributed by atoms with van der Waals surface area (Å²) in [5.41, 5.74) is 3.57. The van der Waals surface area contributed by atoms with Crippen LogP contribution in [0.15, 0.2) is 42.6 Å². The Morgan fingerprint density at radius 3 is 2.75 bits per heavy atom. The average molecular weight is 533 g/mol. The van der Waals surface area contributed by atoms with Gasteiger partial charge in [-0.2, -0.15) is 20.5 Å². The predicted molar refractivity (Wildman–Crippen MR) is 155 cm³/mol. The van der Waals surface area contributed by atoms with Gasteiger partial charge in [0.1, 0.15) is 29.6 Å². The van der Waals surface area contributed by atoms with E-state index in [1.165, 1.54) is 0 Å². The molecule has 0 bridgehead atoms. The third-order valence-electron chi connectivity index (χ3n) is 8.15. The zero-order valence-corrected chi connectivity index (χ0v) is 22.9. The number of likely N-dealkylation sites (tertiary alicyclic amines) is 1. The van der Waals surface area contributed by atoms with Crippen molar-refractivity contribution in [2.75, 3.05) is 44.7 Å². The number of anilines is 1. The summed E-state index contributed by atoms with van der Waals surface area (Å²) >= 11 is 0. The Labute approximate surface area is 234 Å². The van der Waals surface area contributed by atoms with Crippen molar-refractivity contribution >= 4 is 27.5 Å². The van der Waals surface area contributed by atoms with E-state index in [9.17, 15) is 10.5 Å². The number of nitriles is 2. The van der Waals surface area contributed by atoms with Gasteiger partial charge in [0.25, 0.3) is 0 Å². The molecule has 0 spiro atoms. The average Bonchev–Trinajstić information content (AvgIpc) is 3.39. The van der Waals surface area contributed by atoms with E-state index < -0.39 is 0 Å². The Balaban J connectivity index is 1.51. The van der Waals surface area contributed by atoms with Gasteiger partial charge >= 0.3 is 6.01 Å². The van der Waals surface area contributed by atoms with E-state index in [2.05, 4.69) is 59.4 Å². The maximum absolute atomic E-state index is 10.5. The van der Waals surface area contributed by atoms with Gasteiger partial charge in [0.2, 0.25) is 0 Å². The van der Waals surface area contributed by atoms with E-state index in [1.807, 2.05) is 18.2 Å². The smallest absolute Gasteiger partial charge is 0.319 e. The topological polar surface area (TPSA) is 114 Å². The maximum Gasteiger partial charge on any atom is 0.319 e. The number of piperazine rings is 1. The summed E-state index contributed by atoms with van der Waals surface area (Å²) < 4.78 is 6.22. The Hall–Kier alpha value is -4.31. The zero-order valence-electron chi connectivity index (χ0n) is 22.9. The molecule has 40 heavy (non-hydrogen) atoms. The Morgan fingerprint density at radius 1 is 1.12 bits per heavy atom. The molecule has 0 unspecified atom stereocenters. The van der Waals surface area contributed by atoms with Crippen molar-refractivity contribution in [3.05, 3.63) is 53.7 Å². The highest BCUT2D eigenvalue weighted by Crippen LogP contribution is 2.36. The Bertz CT molecular complexity index is 1650. The lowest BCUT2D eigenvalue weighted by molar-refractivity contribution is 0.188. The van der Waals surface area contributed by atoms with Crippen molar-refractivity contribution in [2.24, 2.45) is 0 Å². The third kappa shape index (κ3) is 4.79. The van der Waals surface area contributed by atoms with Crippen LogP contribution in [0.5, 0.6) is 6.01 Å². The van der Waals surface area contributed by atoms with Crippen molar-refractivity contribution < 1.29 is 4.74 Å². The van der Waals surface area contributed by atoms with Crippen LogP contribution in [0.1, 0.15) is 30.4 Å². The minimum absolute atomic E-state index is 0.0293. The molecule has 0 saturated carbocycles. The number of fused-ring (bicyclic) bond motifs is 2. The molecule has 0 radical (unpaired) electrons. The number of rotatable bonds is 6. The van der Waals surface area contributed by atoms with Crippen molar-refractivity contribution in [3.63, 3.8) is 0 Å². The second kappa shape index (κ2) is 11.1. The van der Waals surface area contributed by atoms with E-state index in [0.29, 0.717) is 60.1 Å². The summed E-state index contributed by atoms with van der Waals surface area (Å²) in [6.07, 6.45) is 4.41. The second-order valence-electron chi connectivity index (χ2n) is 10.7. The van der Waals surface area contributed by atoms with Crippen LogP contribution in [-0.4, -0.2) is 71.8 Å². The van der Waals surface area contributed by atoms with Gasteiger partial charge in [0.05, 0.1) is 23.6 Å². The number of likely N-dealkylation sites (N-methyl/N-ethyl adjacent to an activating group) is 1. The molecule has 0 aliphatic carbocycles. The summed E-state index contributed by atoms with van der Waals surface area (Å²) in [6, 6.07) is 17.6. The number of benzene rings is 2. The first kappa shape index (κ1) is 25.9. The lowest BCUT2D eigenvalue weighted by atomic mass is 9.95. The van der Waals surface area contributed by atoms with Crippen LogP contribution in [-0.2, 0) is 0 Å². The van der Waals surface area contributed by atoms with Crippen LogP contribution in [0, 0.1) is 29.6 Å². The molecule has 2 fully saturated rings. The fourth-order valence-electron chi connectivity index (χ4n) is 6.02. The summed E-state index contributed by atoms with van der Waals surface area (Å²) in [5, 5.41) is 26.1. The molecule has 9 nitrogen and oxygen atoms in total. The number of ether oxygens (including phenoxy) is 1. The van der Waals surface area contributed by atoms with Crippen molar-refractivity contribution in [1.82, 2.24) is 25.2 Å². The van der Waals surface area contributed by atoms with Crippen molar-refractivity contribution in [1.29, 1.82) is 10.5 Å². The first-order valence-corrected chi connectivity index (χ1v) is 13.8. The number of nitrogens with one attached hydrogen (secondary N) is 1. The fraction of sp³-hybridized carbons (Fsp3) is 0.387. The van der Waals surface area contributed by atoms with Gasteiger partial charge in [-0.1, -0.05) is 36.4 Å². The van der Waals surface area contributed by atoms with Gasteiger partial charge < -0.3 is 19.9 Å². The molecular weight excluding hydrogens is 500 g/mol. The summed E-state index contributed by atoms with van der Waals surface area (Å²) in [7, 11) is 2.11. The number of pyridine rings is 1. The van der Waals surface area contributed by atoms with Gasteiger partial charge in [-0.15, -0.1) is 0 Å². The molecule has 4 aromatic rings. The number of hydrogen-bond donors (Lipinski definition) is 1. The SMILES string of the molecule is Cc1cccc2cccc(-c3ncc4c(N5CCN[C@@H](CC#N)C5)nc(OC[C@@H]5CCCN5C)nc4c3C#N)c12. The Kier molecular flexibility index (Phi) is 7.17. The zero-order chi connectivity index (χ0) is 27.6. The monoisotopic (exact) mass is 532 g/mol. The highest BCUT2D eigenvalue weighted by molar-refractivity contribution is 6.03. The number of aryl methyl sites for hydroxylation is 1. The van der Waals surface area contributed by atoms with Crippen LogP contribution in [0.3, 0.4) is 0 Å². The Morgan fingerprint density at radius 2 is 1.98 bits per heavy atom. The fourth-order valence-corrected chi connectivity index (χ4v) is 6.02. The summed E-state index contributed by atoms with van der Waals surface area (Å²) in [5.74, 6) is 0.689. The van der Waals surface area contributed by atoms with E-state index in [-0.39, 0.29) is 12.1 Å². The van der Waals surface area contributed by atoms with E-state index in [4.69, 9.17) is 19.7 Å². The number of aromatic nitrogens is 3. The molecular formula is C31H32N8O. The lowest BCUT2D eigenvalue weighted by Crippen LogP contribution is -2.51. The normalized spacial score (nSPS) is 19.6. The van der Waals surface area contributed by atoms with Gasteiger partial charge in [0, 0.05) is 43.5 Å². The minimum Gasteiger partial charge on any atom is -0.462 e. The molecule has 2 aliphatic heterocycles. The molecule has 2 saturated heterocycles. The lowest BCUT2D eigenvalue weighted by Gasteiger charge is -2.34. The number of nitrogens with zero attached hydrogens (tertiary/aromatic N) is 7. The maximum atomic E-state index is 10.5. The van der Waals surface area contributed by atoms with Crippen LogP contribution < -0.4 is 15.0 Å². The highest BCUT2D eigenvalue weighted by atomic mass is 16.5. The highest BCUT2D eigenvalue weighted by Gasteiger charge is 2.27. The second-order valence-corrected chi connectivity index (χ2v) is 10.7. The quantitative estimate of drug-likeness (QED) is 0.390. The number of hydrogen-bond acceptors (Lipinski definition) is 9. The first-order chi connectivity index (χ1) is 19.6. The summed E-state index contributed by atoms with van der Waals surface area (Å²) in [6.45, 7) is 5.68. The van der Waals surface area contributed by atoms with Gasteiger partial charge in [-0.3, -0.25) is 4.98 Å². The third-order valence-corrected chi connectivity index (χ3v) is 8.15. The summed E-state index contributed by atoms with van der Waals surface area (Å²) in [4.78, 5) is 19.0. The minimum atomic E-state index is 0.0293. The molecule has 2 atom stereocenters. The molecule has 2 aromatic heterocycles. The predicted octanol–water partition coefficient (Wildman–Crippen LogP) is 4.19. The van der Waals surface area contributed by atoms with Crippen LogP contribution in [0.4, 0.5) is 5.82 Å². The van der Waals surface area contributed by atoms with Crippen LogP contribution in [0.25, 0.3) is 32.9 Å². The van der Waals surface area contributed by atoms with Crippen molar-refractivity contribution in [3.8, 4) is 29.4 Å². The molecule has 4 heterocycles. The molecule has 9 heteroatoms. The van der Waals surface area contributed by atoms with Crippen molar-refractivity contribution in [2.45, 2.75) is 38.3 Å². The molecule has 2 aliphatic rings. The van der Waals surface area contributed by atoms with Gasteiger partial charge in [-0.05, 0) is 49.7 Å². The first-order valence-electron chi connectivity index (χ1n) is 13.8. The van der Waals surface area contributed by atoms with E-state index in [0.717, 1.165) is 47.8 Å². The molecule has 1 N–H and O–H groups in total. The standard InChI is InChI=1S/C31H32N8O/c1-20-6-3-7-21-8-4-10-24(27(20)21)28-25(16-33)29-26(17-35-28)30(39-15-13-34-22(18-39)11-12-32)37-31(36-29)40-19-23-9-5-14-38(23)2/h3-4,6-8,10,17,22-23,34H,5,9,11,13-15,18-19H2,1-2H3/t22-,23-/m0/s1. The van der Waals surface area contributed by atoms with E-state index >= 15 is 0 Å². The molecule has 2 aromatic carbocycles. The van der Waals surface area contributed by atoms with Gasteiger partial charge in [0.15, 0.2) is 0 Å². The molecule has 0 amide bonds. The molecule has 6 rings (SSSR count). The van der Waals surface area contributed by atoms with E-state index in [1.54, 1.807) is 6.20 Å². The van der Waals surface area contributed by atoms with Crippen LogP contribution >= 0.6 is 0 Å². The van der Waals surface area contributed by atoms with Crippen LogP contribution in [0.2, 0.25) is 0 Å². The van der Waals surface area contributed by atoms with Gasteiger partial charge in [-0.25, -0.2) is 0 Å². The molecule has 202 valence electrons.